The van der Waals surface area contributed by atoms with Crippen LogP contribution in [0.5, 0.6) is 0 Å². The summed E-state index contributed by atoms with van der Waals surface area (Å²) >= 11 is 1.59. The zero-order valence-electron chi connectivity index (χ0n) is 8.17. The summed E-state index contributed by atoms with van der Waals surface area (Å²) in [5.41, 5.74) is 1.70. The minimum absolute atomic E-state index is 0.0861. The van der Waals surface area contributed by atoms with Crippen molar-refractivity contribution in [3.8, 4) is 10.6 Å². The molecule has 0 aliphatic carbocycles. The van der Waals surface area contributed by atoms with E-state index >= 15 is 0 Å². The number of carboxylic acid groups (broad SMARTS) is 1. The van der Waals surface area contributed by atoms with Crippen LogP contribution in [0.1, 0.15) is 5.69 Å². The van der Waals surface area contributed by atoms with Gasteiger partial charge in [-0.3, -0.25) is 9.48 Å². The molecule has 0 spiro atoms. The number of hydrogen-bond acceptors (Lipinski definition) is 3. The monoisotopic (exact) mass is 222 g/mol. The van der Waals surface area contributed by atoms with E-state index in [0.29, 0.717) is 0 Å². The number of hydrogen-bond donors (Lipinski definition) is 1. The van der Waals surface area contributed by atoms with Crippen molar-refractivity contribution in [3.63, 3.8) is 0 Å². The molecule has 0 bridgehead atoms. The van der Waals surface area contributed by atoms with Gasteiger partial charge in [-0.25, -0.2) is 0 Å². The highest BCUT2D eigenvalue weighted by Gasteiger charge is 2.09. The predicted octanol–water partition coefficient (Wildman–Crippen LogP) is 2.00. The van der Waals surface area contributed by atoms with Crippen molar-refractivity contribution < 1.29 is 9.90 Å². The van der Waals surface area contributed by atoms with Crippen LogP contribution in [0.25, 0.3) is 10.6 Å². The molecule has 5 heteroatoms. The second kappa shape index (κ2) is 3.86. The van der Waals surface area contributed by atoms with Crippen molar-refractivity contribution in [2.45, 2.75) is 13.5 Å². The SMILES string of the molecule is Cc1cc(-c2cccs2)nn1CC(=O)O. The van der Waals surface area contributed by atoms with E-state index in [1.807, 2.05) is 30.5 Å². The first-order chi connectivity index (χ1) is 7.16. The number of rotatable bonds is 3. The first kappa shape index (κ1) is 9.92. The fraction of sp³-hybridized carbons (Fsp3) is 0.200. The molecule has 78 valence electrons. The van der Waals surface area contributed by atoms with Gasteiger partial charge in [0.2, 0.25) is 0 Å². The molecule has 0 amide bonds. The molecule has 4 nitrogen and oxygen atoms in total. The molecular formula is C10H10N2O2S. The van der Waals surface area contributed by atoms with Gasteiger partial charge >= 0.3 is 5.97 Å². The van der Waals surface area contributed by atoms with Crippen molar-refractivity contribution in [1.82, 2.24) is 9.78 Å². The highest BCUT2D eigenvalue weighted by Crippen LogP contribution is 2.23. The smallest absolute Gasteiger partial charge is 0.325 e. The van der Waals surface area contributed by atoms with Gasteiger partial charge in [-0.15, -0.1) is 11.3 Å². The van der Waals surface area contributed by atoms with Gasteiger partial charge < -0.3 is 5.11 Å². The third-order valence-electron chi connectivity index (χ3n) is 2.04. The quantitative estimate of drug-likeness (QED) is 0.864. The first-order valence-electron chi connectivity index (χ1n) is 4.47. The maximum Gasteiger partial charge on any atom is 0.325 e. The van der Waals surface area contributed by atoms with Gasteiger partial charge in [0.1, 0.15) is 12.2 Å². The summed E-state index contributed by atoms with van der Waals surface area (Å²) in [5.74, 6) is -0.876. The molecule has 0 radical (unpaired) electrons. The summed E-state index contributed by atoms with van der Waals surface area (Å²) in [7, 11) is 0. The Morgan fingerprint density at radius 3 is 3.07 bits per heavy atom. The summed E-state index contributed by atoms with van der Waals surface area (Å²) < 4.78 is 1.50. The largest absolute Gasteiger partial charge is 0.480 e. The van der Waals surface area contributed by atoms with Crippen LogP contribution in [0.3, 0.4) is 0 Å². The third-order valence-corrected chi connectivity index (χ3v) is 2.93. The molecule has 1 N–H and O–H groups in total. The molecule has 0 saturated heterocycles. The number of carboxylic acids is 1. The van der Waals surface area contributed by atoms with Gasteiger partial charge in [-0.1, -0.05) is 6.07 Å². The third kappa shape index (κ3) is 2.07. The van der Waals surface area contributed by atoms with Crippen LogP contribution in [0.15, 0.2) is 23.6 Å². The second-order valence-corrected chi connectivity index (χ2v) is 4.15. The highest BCUT2D eigenvalue weighted by atomic mass is 32.1. The number of aryl methyl sites for hydroxylation is 1. The number of nitrogens with zero attached hydrogens (tertiary/aromatic N) is 2. The lowest BCUT2D eigenvalue weighted by atomic mass is 10.3. The molecule has 0 aromatic carbocycles. The molecular weight excluding hydrogens is 212 g/mol. The second-order valence-electron chi connectivity index (χ2n) is 3.20. The topological polar surface area (TPSA) is 55.1 Å². The van der Waals surface area contributed by atoms with Gasteiger partial charge in [0.25, 0.3) is 0 Å². The molecule has 2 rings (SSSR count). The number of carbonyl (C=O) groups is 1. The Morgan fingerprint density at radius 2 is 2.47 bits per heavy atom. The lowest BCUT2D eigenvalue weighted by Crippen LogP contribution is -2.11. The Bertz CT molecular complexity index is 474. The summed E-state index contributed by atoms with van der Waals surface area (Å²) in [6.07, 6.45) is 0. The van der Waals surface area contributed by atoms with E-state index in [1.54, 1.807) is 11.3 Å². The Balaban J connectivity index is 2.33. The number of aliphatic carboxylic acids is 1. The average molecular weight is 222 g/mol. The molecule has 0 atom stereocenters. The lowest BCUT2D eigenvalue weighted by Gasteiger charge is -1.97. The van der Waals surface area contributed by atoms with Crippen molar-refractivity contribution in [2.75, 3.05) is 0 Å². The fourth-order valence-electron chi connectivity index (χ4n) is 1.34. The molecule has 0 unspecified atom stereocenters. The minimum atomic E-state index is -0.876. The molecule has 0 fully saturated rings. The molecule has 0 saturated carbocycles. The summed E-state index contributed by atoms with van der Waals surface area (Å²) in [4.78, 5) is 11.6. The Morgan fingerprint density at radius 1 is 1.67 bits per heavy atom. The Hall–Kier alpha value is -1.62. The molecule has 15 heavy (non-hydrogen) atoms. The lowest BCUT2D eigenvalue weighted by molar-refractivity contribution is -0.137. The average Bonchev–Trinajstić information content (AvgIpc) is 2.75. The Kier molecular flexibility index (Phi) is 2.55. The zero-order chi connectivity index (χ0) is 10.8. The summed E-state index contributed by atoms with van der Waals surface area (Å²) in [5, 5.41) is 14.9. The van der Waals surface area contributed by atoms with Crippen LogP contribution >= 0.6 is 11.3 Å². The van der Waals surface area contributed by atoms with E-state index in [-0.39, 0.29) is 6.54 Å². The summed E-state index contributed by atoms with van der Waals surface area (Å²) in [6.45, 7) is 1.77. The van der Waals surface area contributed by atoms with Crippen molar-refractivity contribution >= 4 is 17.3 Å². The molecule has 2 aromatic rings. The molecule has 2 heterocycles. The zero-order valence-corrected chi connectivity index (χ0v) is 8.99. The van der Waals surface area contributed by atoms with Gasteiger partial charge in [-0.2, -0.15) is 5.10 Å². The fourth-order valence-corrected chi connectivity index (χ4v) is 2.02. The van der Waals surface area contributed by atoms with E-state index in [0.717, 1.165) is 16.3 Å². The molecule has 0 aliphatic heterocycles. The van der Waals surface area contributed by atoms with E-state index in [4.69, 9.17) is 5.11 Å². The van der Waals surface area contributed by atoms with Gasteiger partial charge in [0.05, 0.1) is 4.88 Å². The number of aromatic nitrogens is 2. The van der Waals surface area contributed by atoms with Crippen LogP contribution in [-0.4, -0.2) is 20.9 Å². The van der Waals surface area contributed by atoms with Crippen LogP contribution < -0.4 is 0 Å². The van der Waals surface area contributed by atoms with Gasteiger partial charge in [0.15, 0.2) is 0 Å². The van der Waals surface area contributed by atoms with Crippen molar-refractivity contribution in [3.05, 3.63) is 29.3 Å². The maximum absolute atomic E-state index is 10.6. The molecule has 0 aliphatic rings. The normalized spacial score (nSPS) is 10.5. The van der Waals surface area contributed by atoms with Gasteiger partial charge in [0, 0.05) is 5.69 Å². The van der Waals surface area contributed by atoms with Crippen LogP contribution in [0.2, 0.25) is 0 Å². The van der Waals surface area contributed by atoms with Crippen molar-refractivity contribution in [2.24, 2.45) is 0 Å². The standard InChI is InChI=1S/C10H10N2O2S/c1-7-5-8(9-3-2-4-15-9)11-12(7)6-10(13)14/h2-5H,6H2,1H3,(H,13,14). The van der Waals surface area contributed by atoms with E-state index in [2.05, 4.69) is 5.10 Å². The maximum atomic E-state index is 10.6. The van der Waals surface area contributed by atoms with Gasteiger partial charge in [-0.05, 0) is 24.4 Å². The van der Waals surface area contributed by atoms with E-state index in [9.17, 15) is 4.79 Å². The van der Waals surface area contributed by atoms with E-state index in [1.165, 1.54) is 4.68 Å². The van der Waals surface area contributed by atoms with Crippen LogP contribution in [0, 0.1) is 6.92 Å². The van der Waals surface area contributed by atoms with Crippen molar-refractivity contribution in [1.29, 1.82) is 0 Å². The minimum Gasteiger partial charge on any atom is -0.480 e. The van der Waals surface area contributed by atoms with Crippen LogP contribution in [-0.2, 0) is 11.3 Å². The highest BCUT2D eigenvalue weighted by molar-refractivity contribution is 7.13. The van der Waals surface area contributed by atoms with Crippen LogP contribution in [0.4, 0.5) is 0 Å². The molecule has 2 aromatic heterocycles. The predicted molar refractivity (Wildman–Crippen MR) is 57.9 cm³/mol. The Labute approximate surface area is 90.8 Å². The number of thiophene rings is 1. The summed E-state index contributed by atoms with van der Waals surface area (Å²) in [6, 6.07) is 5.82. The van der Waals surface area contributed by atoms with E-state index < -0.39 is 5.97 Å². The first-order valence-corrected chi connectivity index (χ1v) is 5.35.